The van der Waals surface area contributed by atoms with E-state index in [4.69, 9.17) is 10.5 Å². The molecule has 1 rings (SSSR count). The van der Waals surface area contributed by atoms with E-state index in [0.717, 1.165) is 0 Å². The summed E-state index contributed by atoms with van der Waals surface area (Å²) in [5.74, 6) is -0.726. The second kappa shape index (κ2) is 5.27. The Labute approximate surface area is 94.7 Å². The summed E-state index contributed by atoms with van der Waals surface area (Å²) in [5.41, 5.74) is 5.74. The van der Waals surface area contributed by atoms with E-state index < -0.39 is 18.1 Å². The molecule has 0 radical (unpaired) electrons. The van der Waals surface area contributed by atoms with Crippen molar-refractivity contribution >= 4 is 11.9 Å². The minimum absolute atomic E-state index is 0.0198. The van der Waals surface area contributed by atoms with Crippen molar-refractivity contribution in [3.8, 4) is 0 Å². The van der Waals surface area contributed by atoms with Crippen molar-refractivity contribution in [2.24, 2.45) is 11.7 Å². The van der Waals surface area contributed by atoms with E-state index in [1.807, 2.05) is 13.8 Å². The van der Waals surface area contributed by atoms with E-state index in [0.29, 0.717) is 0 Å². The third kappa shape index (κ3) is 2.51. The molecule has 1 aliphatic heterocycles. The number of hydrogen-bond donors (Lipinski definition) is 1. The lowest BCUT2D eigenvalue weighted by molar-refractivity contribution is -0.151. The van der Waals surface area contributed by atoms with Crippen molar-refractivity contribution in [2.75, 3.05) is 20.4 Å². The topological polar surface area (TPSA) is 81.9 Å². The van der Waals surface area contributed by atoms with Crippen LogP contribution in [-0.4, -0.2) is 49.3 Å². The molecule has 0 unspecified atom stereocenters. The van der Waals surface area contributed by atoms with Crippen LogP contribution < -0.4 is 5.73 Å². The Kier molecular flexibility index (Phi) is 4.26. The third-order valence-corrected chi connectivity index (χ3v) is 2.64. The van der Waals surface area contributed by atoms with Crippen LogP contribution in [0.2, 0.25) is 0 Å². The van der Waals surface area contributed by atoms with Crippen LogP contribution in [0.5, 0.6) is 0 Å². The summed E-state index contributed by atoms with van der Waals surface area (Å²) < 4.78 is 9.69. The van der Waals surface area contributed by atoms with Gasteiger partial charge in [0.15, 0.2) is 6.04 Å². The molecule has 6 heteroatoms. The maximum absolute atomic E-state index is 11.9. The van der Waals surface area contributed by atoms with Crippen LogP contribution in [0.4, 0.5) is 0 Å². The van der Waals surface area contributed by atoms with Crippen molar-refractivity contribution in [3.63, 3.8) is 0 Å². The zero-order chi connectivity index (χ0) is 12.3. The highest BCUT2D eigenvalue weighted by Gasteiger charge is 2.38. The Bertz CT molecular complexity index is 280. The molecule has 1 heterocycles. The molecule has 2 N–H and O–H groups in total. The average Bonchev–Trinajstić information content (AvgIpc) is 2.74. The lowest BCUT2D eigenvalue weighted by Gasteiger charge is -2.25. The van der Waals surface area contributed by atoms with Crippen LogP contribution in [0.1, 0.15) is 13.8 Å². The van der Waals surface area contributed by atoms with Gasteiger partial charge >= 0.3 is 5.97 Å². The number of esters is 1. The van der Waals surface area contributed by atoms with E-state index in [1.165, 1.54) is 12.0 Å². The first-order chi connectivity index (χ1) is 7.49. The third-order valence-electron chi connectivity index (χ3n) is 2.64. The summed E-state index contributed by atoms with van der Waals surface area (Å²) in [7, 11) is 1.28. The molecule has 0 saturated carbocycles. The van der Waals surface area contributed by atoms with Gasteiger partial charge in [0.05, 0.1) is 19.8 Å². The lowest BCUT2D eigenvalue weighted by Crippen LogP contribution is -2.51. The largest absolute Gasteiger partial charge is 0.467 e. The predicted molar refractivity (Wildman–Crippen MR) is 56.3 cm³/mol. The first-order valence-electron chi connectivity index (χ1n) is 5.20. The Morgan fingerprint density at radius 1 is 1.50 bits per heavy atom. The summed E-state index contributed by atoms with van der Waals surface area (Å²) in [6.45, 7) is 3.97. The number of carbonyl (C=O) groups is 2. The standard InChI is InChI=1S/C10H18N2O4/c1-6(2)8(11)9(13)12-5-16-4-7(12)10(14)15-3/h6-8H,4-5,11H2,1-3H3/t7-,8-/m0/s1. The summed E-state index contributed by atoms with van der Waals surface area (Å²) >= 11 is 0. The SMILES string of the molecule is COC(=O)[C@@H]1COCN1C(=O)[C@@H](N)C(C)C. The number of rotatable bonds is 3. The van der Waals surface area contributed by atoms with E-state index in [2.05, 4.69) is 4.74 Å². The van der Waals surface area contributed by atoms with Gasteiger partial charge in [-0.05, 0) is 5.92 Å². The van der Waals surface area contributed by atoms with Crippen LogP contribution in [0, 0.1) is 5.92 Å². The molecule has 2 atom stereocenters. The van der Waals surface area contributed by atoms with E-state index in [-0.39, 0.29) is 25.2 Å². The van der Waals surface area contributed by atoms with Crippen molar-refractivity contribution in [1.82, 2.24) is 4.90 Å². The minimum atomic E-state index is -0.665. The second-order valence-electron chi connectivity index (χ2n) is 4.12. The van der Waals surface area contributed by atoms with Gasteiger partial charge < -0.3 is 20.1 Å². The molecule has 0 spiro atoms. The van der Waals surface area contributed by atoms with Crippen molar-refractivity contribution in [3.05, 3.63) is 0 Å². The molecule has 16 heavy (non-hydrogen) atoms. The molecule has 1 amide bonds. The average molecular weight is 230 g/mol. The van der Waals surface area contributed by atoms with Gasteiger partial charge in [-0.25, -0.2) is 4.79 Å². The fourth-order valence-electron chi connectivity index (χ4n) is 1.47. The van der Waals surface area contributed by atoms with E-state index >= 15 is 0 Å². The highest BCUT2D eigenvalue weighted by molar-refractivity contribution is 5.88. The Morgan fingerprint density at radius 2 is 2.12 bits per heavy atom. The molecule has 0 aromatic rings. The van der Waals surface area contributed by atoms with Crippen molar-refractivity contribution < 1.29 is 19.1 Å². The second-order valence-corrected chi connectivity index (χ2v) is 4.12. The number of amides is 1. The molecule has 6 nitrogen and oxygen atoms in total. The minimum Gasteiger partial charge on any atom is -0.467 e. The molecular weight excluding hydrogens is 212 g/mol. The van der Waals surface area contributed by atoms with E-state index in [1.54, 1.807) is 0 Å². The van der Waals surface area contributed by atoms with Crippen molar-refractivity contribution in [1.29, 1.82) is 0 Å². The summed E-state index contributed by atoms with van der Waals surface area (Å²) in [4.78, 5) is 24.6. The number of carbonyl (C=O) groups excluding carboxylic acids is 2. The number of methoxy groups -OCH3 is 1. The fourth-order valence-corrected chi connectivity index (χ4v) is 1.47. The molecule has 1 fully saturated rings. The van der Waals surface area contributed by atoms with E-state index in [9.17, 15) is 9.59 Å². The highest BCUT2D eigenvalue weighted by Crippen LogP contribution is 2.14. The van der Waals surface area contributed by atoms with Crippen molar-refractivity contribution in [2.45, 2.75) is 25.9 Å². The van der Waals surface area contributed by atoms with Gasteiger partial charge in [0.2, 0.25) is 5.91 Å². The Balaban J connectivity index is 2.71. The first-order valence-corrected chi connectivity index (χ1v) is 5.20. The van der Waals surface area contributed by atoms with Gasteiger partial charge in [-0.1, -0.05) is 13.8 Å². The number of nitrogens with zero attached hydrogens (tertiary/aromatic N) is 1. The molecule has 0 aromatic carbocycles. The highest BCUT2D eigenvalue weighted by atomic mass is 16.5. The van der Waals surface area contributed by atoms with Gasteiger partial charge in [-0.2, -0.15) is 0 Å². The van der Waals surface area contributed by atoms with Crippen LogP contribution in [-0.2, 0) is 19.1 Å². The Hall–Kier alpha value is -1.14. The monoisotopic (exact) mass is 230 g/mol. The molecule has 92 valence electrons. The lowest BCUT2D eigenvalue weighted by atomic mass is 10.0. The summed E-state index contributed by atoms with van der Waals surface area (Å²) in [5, 5.41) is 0. The van der Waals surface area contributed by atoms with Gasteiger partial charge in [0.1, 0.15) is 6.73 Å². The van der Waals surface area contributed by atoms with Crippen LogP contribution in [0.3, 0.4) is 0 Å². The fraction of sp³-hybridized carbons (Fsp3) is 0.800. The maximum Gasteiger partial charge on any atom is 0.331 e. The summed E-state index contributed by atoms with van der Waals surface area (Å²) in [6, 6.07) is -1.28. The number of nitrogens with two attached hydrogens (primary N) is 1. The smallest absolute Gasteiger partial charge is 0.331 e. The van der Waals surface area contributed by atoms with Gasteiger partial charge in [0.25, 0.3) is 0 Å². The Morgan fingerprint density at radius 3 is 2.62 bits per heavy atom. The van der Waals surface area contributed by atoms with Crippen LogP contribution >= 0.6 is 0 Å². The van der Waals surface area contributed by atoms with Gasteiger partial charge in [-0.15, -0.1) is 0 Å². The zero-order valence-corrected chi connectivity index (χ0v) is 9.80. The first kappa shape index (κ1) is 12.9. The molecule has 0 aliphatic carbocycles. The zero-order valence-electron chi connectivity index (χ0n) is 9.80. The normalized spacial score (nSPS) is 22.3. The number of ether oxygens (including phenoxy) is 2. The van der Waals surface area contributed by atoms with Crippen LogP contribution in [0.15, 0.2) is 0 Å². The molecule has 1 aliphatic rings. The molecule has 0 bridgehead atoms. The summed E-state index contributed by atoms with van der Waals surface area (Å²) in [6.07, 6.45) is 0. The maximum atomic E-state index is 11.9. The molecule has 0 aromatic heterocycles. The predicted octanol–water partition coefficient (Wildman–Crippen LogP) is -0.672. The van der Waals surface area contributed by atoms with Gasteiger partial charge in [-0.3, -0.25) is 4.79 Å². The molecule has 1 saturated heterocycles. The molecular formula is C10H18N2O4. The van der Waals surface area contributed by atoms with Gasteiger partial charge in [0, 0.05) is 0 Å². The van der Waals surface area contributed by atoms with Crippen LogP contribution in [0.25, 0.3) is 0 Å². The quantitative estimate of drug-likeness (QED) is 0.650. The number of hydrogen-bond acceptors (Lipinski definition) is 5.